The second-order valence-corrected chi connectivity index (χ2v) is 6.61. The second-order valence-electron chi connectivity index (χ2n) is 5.58. The summed E-state index contributed by atoms with van der Waals surface area (Å²) in [5, 5.41) is 4.97. The maximum Gasteiger partial charge on any atom is 0.269 e. The van der Waals surface area contributed by atoms with Crippen molar-refractivity contribution in [1.29, 1.82) is 0 Å². The zero-order valence-corrected chi connectivity index (χ0v) is 14.7. The first kappa shape index (κ1) is 16.4. The van der Waals surface area contributed by atoms with Gasteiger partial charge in [-0.1, -0.05) is 31.5 Å². The van der Waals surface area contributed by atoms with E-state index in [9.17, 15) is 4.79 Å². The van der Waals surface area contributed by atoms with Crippen LogP contribution in [0.2, 0.25) is 0 Å². The van der Waals surface area contributed by atoms with E-state index in [2.05, 4.69) is 17.0 Å². The first-order valence-electron chi connectivity index (χ1n) is 8.01. The average molecular weight is 340 g/mol. The van der Waals surface area contributed by atoms with E-state index < -0.39 is 0 Å². The molecule has 0 aliphatic heterocycles. The lowest BCUT2D eigenvalue weighted by atomic mass is 10.2. The Kier molecular flexibility index (Phi) is 5.05. The molecule has 5 nitrogen and oxygen atoms in total. The van der Waals surface area contributed by atoms with Crippen molar-refractivity contribution in [2.24, 2.45) is 7.05 Å². The van der Waals surface area contributed by atoms with Crippen LogP contribution >= 0.6 is 11.3 Å². The smallest absolute Gasteiger partial charge is 0.269 e. The Morgan fingerprint density at radius 3 is 2.71 bits per heavy atom. The van der Waals surface area contributed by atoms with Gasteiger partial charge >= 0.3 is 0 Å². The summed E-state index contributed by atoms with van der Waals surface area (Å²) in [7, 11) is 1.87. The molecule has 0 N–H and O–H groups in total. The highest BCUT2D eigenvalue weighted by Crippen LogP contribution is 2.27. The van der Waals surface area contributed by atoms with E-state index in [0.29, 0.717) is 11.4 Å². The molecular formula is C18H20N4OS. The Bertz CT molecular complexity index is 809. The van der Waals surface area contributed by atoms with Crippen molar-refractivity contribution in [1.82, 2.24) is 14.8 Å². The fourth-order valence-corrected chi connectivity index (χ4v) is 3.28. The van der Waals surface area contributed by atoms with E-state index in [1.165, 1.54) is 11.3 Å². The van der Waals surface area contributed by atoms with Crippen molar-refractivity contribution in [3.8, 4) is 10.6 Å². The summed E-state index contributed by atoms with van der Waals surface area (Å²) in [4.78, 5) is 19.9. The number of unbranched alkanes of at least 4 members (excludes halogenated alkanes) is 1. The normalized spacial score (nSPS) is 10.8. The molecule has 0 aliphatic carbocycles. The van der Waals surface area contributed by atoms with Gasteiger partial charge in [-0.15, -0.1) is 11.3 Å². The fraction of sp³-hybridized carbons (Fsp3) is 0.278. The molecule has 3 rings (SSSR count). The molecule has 0 saturated heterocycles. The first-order valence-corrected chi connectivity index (χ1v) is 8.82. The third-order valence-corrected chi connectivity index (χ3v) is 4.75. The predicted molar refractivity (Wildman–Crippen MR) is 97.3 cm³/mol. The topological polar surface area (TPSA) is 51.0 Å². The van der Waals surface area contributed by atoms with Gasteiger partial charge in [0.25, 0.3) is 5.91 Å². The van der Waals surface area contributed by atoms with Gasteiger partial charge < -0.3 is 4.90 Å². The largest absolute Gasteiger partial charge is 0.308 e. The molecule has 0 saturated carbocycles. The van der Waals surface area contributed by atoms with Crippen LogP contribution in [-0.4, -0.2) is 27.2 Å². The van der Waals surface area contributed by atoms with Gasteiger partial charge in [0.15, 0.2) is 0 Å². The molecular weight excluding hydrogens is 320 g/mol. The lowest BCUT2D eigenvalue weighted by Crippen LogP contribution is -2.31. The summed E-state index contributed by atoms with van der Waals surface area (Å²) in [6.45, 7) is 2.83. The minimum atomic E-state index is 0.00212. The average Bonchev–Trinajstić information content (AvgIpc) is 3.25. The van der Waals surface area contributed by atoms with Gasteiger partial charge in [-0.3, -0.25) is 9.48 Å². The van der Waals surface area contributed by atoms with Crippen LogP contribution < -0.4 is 4.90 Å². The molecule has 2 heterocycles. The number of aryl methyl sites for hydroxylation is 1. The van der Waals surface area contributed by atoms with E-state index in [0.717, 1.165) is 29.1 Å². The molecule has 0 radical (unpaired) electrons. The summed E-state index contributed by atoms with van der Waals surface area (Å²) >= 11 is 1.41. The standard InChI is InChI=1S/C18H20N4OS/c1-3-4-10-22(15-8-6-5-7-9-15)18(23)16-12-19-17(24-16)14-11-20-21(2)13-14/h5-9,11-13H,3-4,10H2,1-2H3. The van der Waals surface area contributed by atoms with Crippen LogP contribution in [0.25, 0.3) is 10.6 Å². The van der Waals surface area contributed by atoms with Crippen LogP contribution in [-0.2, 0) is 7.05 Å². The van der Waals surface area contributed by atoms with Crippen LogP contribution in [0.3, 0.4) is 0 Å². The zero-order chi connectivity index (χ0) is 16.9. The summed E-state index contributed by atoms with van der Waals surface area (Å²) in [6.07, 6.45) is 7.34. The van der Waals surface area contributed by atoms with E-state index >= 15 is 0 Å². The van der Waals surface area contributed by atoms with Crippen molar-refractivity contribution in [2.75, 3.05) is 11.4 Å². The number of amides is 1. The van der Waals surface area contributed by atoms with Crippen molar-refractivity contribution in [2.45, 2.75) is 19.8 Å². The maximum absolute atomic E-state index is 13.0. The van der Waals surface area contributed by atoms with Gasteiger partial charge in [-0.05, 0) is 18.6 Å². The molecule has 0 bridgehead atoms. The van der Waals surface area contributed by atoms with Gasteiger partial charge in [0, 0.05) is 31.0 Å². The number of carbonyl (C=O) groups excluding carboxylic acids is 1. The lowest BCUT2D eigenvalue weighted by molar-refractivity contribution is 0.0990. The van der Waals surface area contributed by atoms with E-state index in [1.54, 1.807) is 17.1 Å². The van der Waals surface area contributed by atoms with Gasteiger partial charge in [-0.2, -0.15) is 5.10 Å². The third kappa shape index (κ3) is 3.54. The zero-order valence-electron chi connectivity index (χ0n) is 13.8. The van der Waals surface area contributed by atoms with Crippen molar-refractivity contribution in [3.63, 3.8) is 0 Å². The maximum atomic E-state index is 13.0. The van der Waals surface area contributed by atoms with Crippen molar-refractivity contribution < 1.29 is 4.79 Å². The molecule has 124 valence electrons. The number of rotatable bonds is 6. The molecule has 0 aliphatic rings. The number of hydrogen-bond acceptors (Lipinski definition) is 4. The second kappa shape index (κ2) is 7.40. The van der Waals surface area contributed by atoms with Crippen LogP contribution in [0, 0.1) is 0 Å². The lowest BCUT2D eigenvalue weighted by Gasteiger charge is -2.21. The van der Waals surface area contributed by atoms with Crippen molar-refractivity contribution >= 4 is 22.9 Å². The highest BCUT2D eigenvalue weighted by molar-refractivity contribution is 7.17. The Labute approximate surface area is 145 Å². The predicted octanol–water partition coefficient (Wildman–Crippen LogP) is 3.99. The fourth-order valence-electron chi connectivity index (χ4n) is 2.44. The molecule has 0 atom stereocenters. The molecule has 24 heavy (non-hydrogen) atoms. The molecule has 0 spiro atoms. The van der Waals surface area contributed by atoms with Crippen molar-refractivity contribution in [3.05, 3.63) is 53.8 Å². The number of thiazole rings is 1. The number of carbonyl (C=O) groups is 1. The SMILES string of the molecule is CCCCN(C(=O)c1cnc(-c2cnn(C)c2)s1)c1ccccc1. The Morgan fingerprint density at radius 1 is 1.25 bits per heavy atom. The third-order valence-electron chi connectivity index (χ3n) is 3.72. The van der Waals surface area contributed by atoms with Crippen LogP contribution in [0.4, 0.5) is 5.69 Å². The Hall–Kier alpha value is -2.47. The Balaban J connectivity index is 1.86. The number of para-hydroxylation sites is 1. The first-order chi connectivity index (χ1) is 11.7. The van der Waals surface area contributed by atoms with Gasteiger partial charge in [-0.25, -0.2) is 4.98 Å². The molecule has 3 aromatic rings. The quantitative estimate of drug-likeness (QED) is 0.682. The molecule has 2 aromatic heterocycles. The molecule has 6 heteroatoms. The molecule has 1 aromatic carbocycles. The van der Waals surface area contributed by atoms with Crippen LogP contribution in [0.5, 0.6) is 0 Å². The number of benzene rings is 1. The molecule has 0 fully saturated rings. The minimum absolute atomic E-state index is 0.00212. The van der Waals surface area contributed by atoms with Gasteiger partial charge in [0.05, 0.1) is 12.4 Å². The number of hydrogen-bond donors (Lipinski definition) is 0. The van der Waals surface area contributed by atoms with E-state index in [-0.39, 0.29) is 5.91 Å². The summed E-state index contributed by atoms with van der Waals surface area (Å²) < 4.78 is 1.73. The summed E-state index contributed by atoms with van der Waals surface area (Å²) in [5.74, 6) is 0.00212. The van der Waals surface area contributed by atoms with Crippen LogP contribution in [0.1, 0.15) is 29.4 Å². The molecule has 1 amide bonds. The monoisotopic (exact) mass is 340 g/mol. The number of aromatic nitrogens is 3. The number of anilines is 1. The Morgan fingerprint density at radius 2 is 2.04 bits per heavy atom. The highest BCUT2D eigenvalue weighted by atomic mass is 32.1. The number of nitrogens with zero attached hydrogens (tertiary/aromatic N) is 4. The van der Waals surface area contributed by atoms with E-state index in [4.69, 9.17) is 0 Å². The summed E-state index contributed by atoms with van der Waals surface area (Å²) in [6, 6.07) is 9.80. The van der Waals surface area contributed by atoms with Gasteiger partial charge in [0.1, 0.15) is 9.88 Å². The highest BCUT2D eigenvalue weighted by Gasteiger charge is 2.20. The van der Waals surface area contributed by atoms with Crippen LogP contribution in [0.15, 0.2) is 48.9 Å². The summed E-state index contributed by atoms with van der Waals surface area (Å²) in [5.41, 5.74) is 1.86. The van der Waals surface area contributed by atoms with Gasteiger partial charge in [0.2, 0.25) is 0 Å². The molecule has 0 unspecified atom stereocenters. The minimum Gasteiger partial charge on any atom is -0.308 e. The van der Waals surface area contributed by atoms with E-state index in [1.807, 2.05) is 48.5 Å².